The molecule has 0 aromatic heterocycles. The lowest BCUT2D eigenvalue weighted by Crippen LogP contribution is -2.38. The van der Waals surface area contributed by atoms with E-state index in [0.717, 1.165) is 37.9 Å². The fourth-order valence-corrected chi connectivity index (χ4v) is 2.92. The molecule has 1 aromatic carbocycles. The van der Waals surface area contributed by atoms with Crippen LogP contribution in [0.5, 0.6) is 0 Å². The summed E-state index contributed by atoms with van der Waals surface area (Å²) in [5.74, 6) is 0.352. The van der Waals surface area contributed by atoms with E-state index in [0.29, 0.717) is 18.1 Å². The van der Waals surface area contributed by atoms with Gasteiger partial charge in [0.25, 0.3) is 5.91 Å². The monoisotopic (exact) mass is 384 g/mol. The number of hydrogen-bond donors (Lipinski definition) is 2. The molecule has 8 heteroatoms. The first kappa shape index (κ1) is 21.1. The second-order valence-corrected chi connectivity index (χ2v) is 6.54. The van der Waals surface area contributed by atoms with E-state index >= 15 is 0 Å². The van der Waals surface area contributed by atoms with Crippen LogP contribution < -0.4 is 10.6 Å². The summed E-state index contributed by atoms with van der Waals surface area (Å²) in [5, 5.41) is 5.60. The number of alkyl halides is 3. The van der Waals surface area contributed by atoms with Gasteiger partial charge in [-0.2, -0.15) is 13.2 Å². The molecule has 1 aliphatic heterocycles. The summed E-state index contributed by atoms with van der Waals surface area (Å²) < 4.78 is 36.8. The van der Waals surface area contributed by atoms with Crippen molar-refractivity contribution in [3.8, 4) is 0 Å². The predicted molar refractivity (Wildman–Crippen MR) is 99.7 cm³/mol. The third-order valence-electron chi connectivity index (χ3n) is 4.28. The number of carbonyl (C=O) groups excluding carboxylic acids is 1. The highest BCUT2D eigenvalue weighted by atomic mass is 19.4. The molecule has 1 amide bonds. The fraction of sp³-hybridized carbons (Fsp3) is 0.579. The molecule has 1 aromatic rings. The van der Waals surface area contributed by atoms with Gasteiger partial charge in [0.15, 0.2) is 5.96 Å². The van der Waals surface area contributed by atoms with Gasteiger partial charge in [-0.25, -0.2) is 4.99 Å². The van der Waals surface area contributed by atoms with E-state index < -0.39 is 12.6 Å². The minimum absolute atomic E-state index is 0.0238. The number of guanidine groups is 1. The first-order valence-corrected chi connectivity index (χ1v) is 9.36. The summed E-state index contributed by atoms with van der Waals surface area (Å²) in [6.45, 7) is 4.01. The molecule has 1 fully saturated rings. The van der Waals surface area contributed by atoms with E-state index in [-0.39, 0.29) is 19.0 Å². The molecule has 0 unspecified atom stereocenters. The Kier molecular flexibility index (Phi) is 7.94. The smallest absolute Gasteiger partial charge is 0.357 e. The number of benzene rings is 1. The van der Waals surface area contributed by atoms with Gasteiger partial charge < -0.3 is 15.5 Å². The molecule has 5 nitrogen and oxygen atoms in total. The highest BCUT2D eigenvalue weighted by Crippen LogP contribution is 2.18. The van der Waals surface area contributed by atoms with E-state index in [4.69, 9.17) is 0 Å². The van der Waals surface area contributed by atoms with Gasteiger partial charge in [0.1, 0.15) is 0 Å². The van der Waals surface area contributed by atoms with Crippen LogP contribution in [-0.2, 0) is 6.54 Å². The van der Waals surface area contributed by atoms with Gasteiger partial charge in [-0.3, -0.25) is 4.79 Å². The van der Waals surface area contributed by atoms with Crippen molar-refractivity contribution in [3.63, 3.8) is 0 Å². The number of hydrogen-bond acceptors (Lipinski definition) is 2. The zero-order valence-corrected chi connectivity index (χ0v) is 15.6. The Hall–Kier alpha value is -2.25. The first-order valence-electron chi connectivity index (χ1n) is 9.36. The summed E-state index contributed by atoms with van der Waals surface area (Å²) in [6.07, 6.45) is -1.89. The van der Waals surface area contributed by atoms with Crippen LogP contribution in [0.4, 0.5) is 13.2 Å². The van der Waals surface area contributed by atoms with E-state index in [1.165, 1.54) is 0 Å². The van der Waals surface area contributed by atoms with Crippen molar-refractivity contribution in [2.45, 2.75) is 45.3 Å². The number of carbonyl (C=O) groups is 1. The van der Waals surface area contributed by atoms with Crippen molar-refractivity contribution in [1.29, 1.82) is 0 Å². The summed E-state index contributed by atoms with van der Waals surface area (Å²) in [7, 11) is 0. The van der Waals surface area contributed by atoms with Crippen molar-refractivity contribution in [2.24, 2.45) is 4.99 Å². The van der Waals surface area contributed by atoms with Crippen LogP contribution in [0.15, 0.2) is 29.3 Å². The molecule has 0 radical (unpaired) electrons. The molecule has 0 saturated carbocycles. The summed E-state index contributed by atoms with van der Waals surface area (Å²) in [4.78, 5) is 18.8. The van der Waals surface area contributed by atoms with Crippen molar-refractivity contribution in [3.05, 3.63) is 35.4 Å². The maximum atomic E-state index is 12.6. The van der Waals surface area contributed by atoms with Gasteiger partial charge in [0.2, 0.25) is 0 Å². The highest BCUT2D eigenvalue weighted by molar-refractivity contribution is 5.94. The number of piperidine rings is 1. The normalized spacial score (nSPS) is 15.6. The Morgan fingerprint density at radius 3 is 2.59 bits per heavy atom. The summed E-state index contributed by atoms with van der Waals surface area (Å²) in [5.41, 5.74) is 1.46. The molecule has 150 valence electrons. The predicted octanol–water partition coefficient (Wildman–Crippen LogP) is 3.32. The van der Waals surface area contributed by atoms with Gasteiger partial charge in [-0.05, 0) is 43.9 Å². The van der Waals surface area contributed by atoms with Crippen LogP contribution in [0, 0.1) is 0 Å². The molecule has 0 aliphatic carbocycles. The zero-order valence-electron chi connectivity index (χ0n) is 15.6. The Labute approximate surface area is 158 Å². The Morgan fingerprint density at radius 1 is 1.19 bits per heavy atom. The van der Waals surface area contributed by atoms with Gasteiger partial charge >= 0.3 is 6.18 Å². The highest BCUT2D eigenvalue weighted by Gasteiger charge is 2.26. The number of nitrogens with zero attached hydrogens (tertiary/aromatic N) is 2. The molecule has 1 aliphatic rings. The quantitative estimate of drug-likeness (QED) is 0.584. The van der Waals surface area contributed by atoms with Crippen LogP contribution in [0.1, 0.15) is 48.5 Å². The molecule has 0 atom stereocenters. The second kappa shape index (κ2) is 10.2. The largest absolute Gasteiger partial charge is 0.390 e. The molecular formula is C19H27F3N4O. The van der Waals surface area contributed by atoms with E-state index in [9.17, 15) is 18.0 Å². The minimum Gasteiger partial charge on any atom is -0.357 e. The number of aliphatic imine (C=N–C) groups is 1. The van der Waals surface area contributed by atoms with E-state index in [1.54, 1.807) is 12.1 Å². The molecular weight excluding hydrogens is 357 g/mol. The van der Waals surface area contributed by atoms with Crippen LogP contribution >= 0.6 is 0 Å². The van der Waals surface area contributed by atoms with Crippen molar-refractivity contribution in [2.75, 3.05) is 26.2 Å². The maximum absolute atomic E-state index is 12.6. The summed E-state index contributed by atoms with van der Waals surface area (Å²) >= 11 is 0. The fourth-order valence-electron chi connectivity index (χ4n) is 2.92. The third kappa shape index (κ3) is 7.48. The zero-order chi connectivity index (χ0) is 19.7. The van der Waals surface area contributed by atoms with E-state index in [1.807, 2.05) is 24.0 Å². The van der Waals surface area contributed by atoms with Gasteiger partial charge in [0, 0.05) is 31.7 Å². The Balaban J connectivity index is 1.97. The molecule has 1 saturated heterocycles. The molecule has 2 N–H and O–H groups in total. The Bertz CT molecular complexity index is 640. The SMILES string of the molecule is CCNC(=NCc1cccc(C(=O)N2CCCCC2)c1)NCCC(F)(F)F. The second-order valence-electron chi connectivity index (χ2n) is 6.54. The molecule has 0 bridgehead atoms. The first-order chi connectivity index (χ1) is 12.9. The molecule has 27 heavy (non-hydrogen) atoms. The van der Waals surface area contributed by atoms with Crippen LogP contribution in [-0.4, -0.2) is 49.1 Å². The summed E-state index contributed by atoms with van der Waals surface area (Å²) in [6, 6.07) is 7.26. The van der Waals surface area contributed by atoms with Crippen LogP contribution in [0.3, 0.4) is 0 Å². The standard InChI is InChI=1S/C19H27F3N4O/c1-2-23-18(24-10-9-19(20,21)22)25-14-15-7-6-8-16(13-15)17(27)26-11-4-3-5-12-26/h6-8,13H,2-5,9-12,14H2,1H3,(H2,23,24,25). The molecule has 2 rings (SSSR count). The lowest BCUT2D eigenvalue weighted by molar-refractivity contribution is -0.132. The number of rotatable bonds is 6. The van der Waals surface area contributed by atoms with Gasteiger partial charge in [0.05, 0.1) is 13.0 Å². The molecule has 1 heterocycles. The topological polar surface area (TPSA) is 56.7 Å². The lowest BCUT2D eigenvalue weighted by atomic mass is 10.1. The number of likely N-dealkylation sites (tertiary alicyclic amines) is 1. The lowest BCUT2D eigenvalue weighted by Gasteiger charge is -2.26. The minimum atomic E-state index is -4.20. The van der Waals surface area contributed by atoms with Crippen molar-refractivity contribution in [1.82, 2.24) is 15.5 Å². The van der Waals surface area contributed by atoms with Crippen LogP contribution in [0.25, 0.3) is 0 Å². The van der Waals surface area contributed by atoms with E-state index in [2.05, 4.69) is 15.6 Å². The van der Waals surface area contributed by atoms with Gasteiger partial charge in [-0.1, -0.05) is 12.1 Å². The number of amides is 1. The third-order valence-corrected chi connectivity index (χ3v) is 4.28. The molecule has 0 spiro atoms. The van der Waals surface area contributed by atoms with Gasteiger partial charge in [-0.15, -0.1) is 0 Å². The maximum Gasteiger partial charge on any atom is 0.390 e. The van der Waals surface area contributed by atoms with Crippen molar-refractivity contribution < 1.29 is 18.0 Å². The number of halogens is 3. The van der Waals surface area contributed by atoms with Crippen LogP contribution in [0.2, 0.25) is 0 Å². The number of nitrogens with one attached hydrogen (secondary N) is 2. The average Bonchev–Trinajstić information content (AvgIpc) is 2.65. The van der Waals surface area contributed by atoms with Crippen molar-refractivity contribution >= 4 is 11.9 Å². The average molecular weight is 384 g/mol. The Morgan fingerprint density at radius 2 is 1.93 bits per heavy atom.